The molecule has 0 spiro atoms. The van der Waals surface area contributed by atoms with Crippen LogP contribution in [0.1, 0.15) is 29.3 Å². The van der Waals surface area contributed by atoms with E-state index < -0.39 is 16.1 Å². The van der Waals surface area contributed by atoms with Gasteiger partial charge in [-0.25, -0.2) is 8.42 Å². The van der Waals surface area contributed by atoms with E-state index in [0.717, 1.165) is 0 Å². The molecule has 0 heterocycles. The highest BCUT2D eigenvalue weighted by molar-refractivity contribution is 7.92. The molecule has 1 unspecified atom stereocenters. The third-order valence-electron chi connectivity index (χ3n) is 5.01. The van der Waals surface area contributed by atoms with Crippen molar-refractivity contribution >= 4 is 33.2 Å². The highest BCUT2D eigenvalue weighted by Crippen LogP contribution is 2.24. The monoisotopic (exact) mass is 481 g/mol. The molecule has 0 bridgehead atoms. The smallest absolute Gasteiger partial charge is 0.262 e. The van der Waals surface area contributed by atoms with Crippen molar-refractivity contribution < 1.29 is 22.7 Å². The molecule has 8 nitrogen and oxygen atoms in total. The Morgan fingerprint density at radius 1 is 0.941 bits per heavy atom. The lowest BCUT2D eigenvalue weighted by Gasteiger charge is -2.15. The summed E-state index contributed by atoms with van der Waals surface area (Å²) in [6.45, 7) is 3.40. The molecule has 0 aliphatic rings. The molecule has 178 valence electrons. The molecule has 1 atom stereocenters. The summed E-state index contributed by atoms with van der Waals surface area (Å²) in [4.78, 5) is 24.8. The number of hydrogen-bond acceptors (Lipinski definition) is 5. The zero-order valence-electron chi connectivity index (χ0n) is 19.2. The minimum atomic E-state index is -3.89. The van der Waals surface area contributed by atoms with Crippen molar-refractivity contribution in [2.75, 3.05) is 17.1 Å². The first-order valence-corrected chi connectivity index (χ1v) is 12.1. The van der Waals surface area contributed by atoms with Gasteiger partial charge in [-0.15, -0.1) is 0 Å². The number of aryl methyl sites for hydroxylation is 1. The quantitative estimate of drug-likeness (QED) is 0.428. The van der Waals surface area contributed by atoms with E-state index >= 15 is 0 Å². The largest absolute Gasteiger partial charge is 0.497 e. The van der Waals surface area contributed by atoms with Crippen molar-refractivity contribution in [3.63, 3.8) is 0 Å². The van der Waals surface area contributed by atoms with Crippen LogP contribution in [-0.4, -0.2) is 33.4 Å². The first-order chi connectivity index (χ1) is 16.2. The Balaban J connectivity index is 1.65. The van der Waals surface area contributed by atoms with E-state index in [-0.39, 0.29) is 23.1 Å². The van der Waals surface area contributed by atoms with E-state index in [0.29, 0.717) is 28.3 Å². The van der Waals surface area contributed by atoms with E-state index in [1.165, 1.54) is 13.2 Å². The van der Waals surface area contributed by atoms with Gasteiger partial charge in [-0.05, 0) is 67.9 Å². The van der Waals surface area contributed by atoms with Crippen LogP contribution in [0.15, 0.2) is 77.7 Å². The van der Waals surface area contributed by atoms with E-state index in [9.17, 15) is 18.0 Å². The topological polar surface area (TPSA) is 114 Å². The minimum absolute atomic E-state index is 0.0264. The number of amides is 2. The van der Waals surface area contributed by atoms with Crippen LogP contribution >= 0.6 is 0 Å². The molecule has 2 amide bonds. The number of nitrogens with one attached hydrogen (secondary N) is 3. The van der Waals surface area contributed by atoms with Gasteiger partial charge in [0, 0.05) is 29.4 Å². The third-order valence-corrected chi connectivity index (χ3v) is 6.53. The summed E-state index contributed by atoms with van der Waals surface area (Å²) in [7, 11) is -2.36. The highest BCUT2D eigenvalue weighted by atomic mass is 32.2. The van der Waals surface area contributed by atoms with Gasteiger partial charge >= 0.3 is 0 Å². The number of carbonyl (C=O) groups excluding carboxylic acids is 2. The number of benzene rings is 3. The maximum absolute atomic E-state index is 12.9. The Morgan fingerprint density at radius 2 is 1.59 bits per heavy atom. The van der Waals surface area contributed by atoms with Crippen LogP contribution in [0.25, 0.3) is 0 Å². The second-order valence-corrected chi connectivity index (χ2v) is 9.46. The Bertz CT molecular complexity index is 1260. The number of hydrogen-bond donors (Lipinski definition) is 3. The van der Waals surface area contributed by atoms with E-state index in [1.54, 1.807) is 74.5 Å². The van der Waals surface area contributed by atoms with Crippen molar-refractivity contribution in [3.05, 3.63) is 83.9 Å². The summed E-state index contributed by atoms with van der Waals surface area (Å²) >= 11 is 0. The van der Waals surface area contributed by atoms with Gasteiger partial charge in [0.2, 0.25) is 5.91 Å². The molecule has 9 heteroatoms. The van der Waals surface area contributed by atoms with Gasteiger partial charge in [-0.1, -0.05) is 24.3 Å². The van der Waals surface area contributed by atoms with E-state index in [4.69, 9.17) is 4.74 Å². The SMILES string of the molecule is COc1ccc(NS(=O)(=O)c2cc(NC(=O)CC(C)NC(=O)c3ccccc3)ccc2C)cc1. The van der Waals surface area contributed by atoms with Crippen LogP contribution < -0.4 is 20.1 Å². The lowest BCUT2D eigenvalue weighted by atomic mass is 10.1. The number of sulfonamides is 1. The molecular formula is C25H27N3O5S. The van der Waals surface area contributed by atoms with E-state index in [1.807, 2.05) is 6.07 Å². The summed E-state index contributed by atoms with van der Waals surface area (Å²) < 4.78 is 33.5. The Kier molecular flexibility index (Phi) is 7.91. The fraction of sp³-hybridized carbons (Fsp3) is 0.200. The average Bonchev–Trinajstić information content (AvgIpc) is 2.81. The van der Waals surface area contributed by atoms with Gasteiger partial charge in [0.1, 0.15) is 5.75 Å². The predicted octanol–water partition coefficient (Wildman–Crippen LogP) is 3.95. The molecule has 3 aromatic rings. The van der Waals surface area contributed by atoms with Crippen molar-refractivity contribution in [1.82, 2.24) is 5.32 Å². The molecule has 34 heavy (non-hydrogen) atoms. The Morgan fingerprint density at radius 3 is 2.24 bits per heavy atom. The summed E-state index contributed by atoms with van der Waals surface area (Å²) in [6.07, 6.45) is 0.0264. The maximum Gasteiger partial charge on any atom is 0.262 e. The van der Waals surface area contributed by atoms with Crippen molar-refractivity contribution in [2.45, 2.75) is 31.2 Å². The van der Waals surface area contributed by atoms with Gasteiger partial charge in [0.25, 0.3) is 15.9 Å². The molecule has 0 aliphatic heterocycles. The molecule has 3 rings (SSSR count). The standard InChI is InChI=1S/C25H27N3O5S/c1-17-9-10-21(16-23(17)34(31,32)28-20-11-13-22(33-3)14-12-20)27-24(29)15-18(2)26-25(30)19-7-5-4-6-8-19/h4-14,16,18,28H,15H2,1-3H3,(H,26,30)(H,27,29). The minimum Gasteiger partial charge on any atom is -0.497 e. The second kappa shape index (κ2) is 10.8. The molecule has 0 saturated heterocycles. The number of rotatable bonds is 9. The lowest BCUT2D eigenvalue weighted by molar-refractivity contribution is -0.116. The predicted molar refractivity (Wildman–Crippen MR) is 132 cm³/mol. The highest BCUT2D eigenvalue weighted by Gasteiger charge is 2.19. The fourth-order valence-electron chi connectivity index (χ4n) is 3.27. The Hall–Kier alpha value is -3.85. The third kappa shape index (κ3) is 6.58. The fourth-order valence-corrected chi connectivity index (χ4v) is 4.60. The summed E-state index contributed by atoms with van der Waals surface area (Å²) in [5.41, 5.74) is 1.76. The van der Waals surface area contributed by atoms with Crippen LogP contribution in [0.3, 0.4) is 0 Å². The van der Waals surface area contributed by atoms with Crippen LogP contribution in [0, 0.1) is 6.92 Å². The normalized spacial score (nSPS) is 11.9. The van der Waals surface area contributed by atoms with Crippen molar-refractivity contribution in [1.29, 1.82) is 0 Å². The van der Waals surface area contributed by atoms with Gasteiger partial charge < -0.3 is 15.4 Å². The van der Waals surface area contributed by atoms with Crippen molar-refractivity contribution in [3.8, 4) is 5.75 Å². The number of carbonyl (C=O) groups is 2. The molecule has 0 aliphatic carbocycles. The number of ether oxygens (including phenoxy) is 1. The summed E-state index contributed by atoms with van der Waals surface area (Å²) in [5, 5.41) is 5.48. The lowest BCUT2D eigenvalue weighted by Crippen LogP contribution is -2.35. The van der Waals surface area contributed by atoms with E-state index in [2.05, 4.69) is 15.4 Å². The average molecular weight is 482 g/mol. The molecule has 0 saturated carbocycles. The molecule has 0 fully saturated rings. The summed E-state index contributed by atoms with van der Waals surface area (Å²) in [5.74, 6) is -0.0107. The van der Waals surface area contributed by atoms with Gasteiger partial charge in [-0.3, -0.25) is 14.3 Å². The summed E-state index contributed by atoms with van der Waals surface area (Å²) in [6, 6.07) is 19.5. The van der Waals surface area contributed by atoms with Crippen molar-refractivity contribution in [2.24, 2.45) is 0 Å². The molecule has 0 radical (unpaired) electrons. The molecule has 0 aromatic heterocycles. The molecule has 3 N–H and O–H groups in total. The molecule has 3 aromatic carbocycles. The zero-order chi connectivity index (χ0) is 24.7. The van der Waals surface area contributed by atoms with Crippen LogP contribution in [-0.2, 0) is 14.8 Å². The van der Waals surface area contributed by atoms with Gasteiger partial charge in [-0.2, -0.15) is 0 Å². The second-order valence-electron chi connectivity index (χ2n) is 7.81. The van der Waals surface area contributed by atoms with Gasteiger partial charge in [0.15, 0.2) is 0 Å². The van der Waals surface area contributed by atoms with Gasteiger partial charge in [0.05, 0.1) is 12.0 Å². The number of methoxy groups -OCH3 is 1. The van der Waals surface area contributed by atoms with Crippen LogP contribution in [0.4, 0.5) is 11.4 Å². The van der Waals surface area contributed by atoms with Crippen LogP contribution in [0.2, 0.25) is 0 Å². The Labute approximate surface area is 199 Å². The zero-order valence-corrected chi connectivity index (χ0v) is 20.0. The number of anilines is 2. The first kappa shape index (κ1) is 24.8. The first-order valence-electron chi connectivity index (χ1n) is 10.6. The van der Waals surface area contributed by atoms with Crippen LogP contribution in [0.5, 0.6) is 5.75 Å². The molecular weight excluding hydrogens is 454 g/mol. The maximum atomic E-state index is 12.9.